The lowest BCUT2D eigenvalue weighted by Crippen LogP contribution is -2.36. The van der Waals surface area contributed by atoms with Crippen LogP contribution in [0, 0.1) is 11.8 Å². The van der Waals surface area contributed by atoms with Crippen LogP contribution < -0.4 is 0 Å². The maximum absolute atomic E-state index is 13.1. The molecule has 4 heteroatoms. The predicted molar refractivity (Wildman–Crippen MR) is 66.8 cm³/mol. The number of ketones is 1. The second-order valence-corrected chi connectivity index (χ2v) is 4.98. The number of rotatable bonds is 2. The Balaban J connectivity index is 2.29. The minimum absolute atomic E-state index is 0.0766. The summed E-state index contributed by atoms with van der Waals surface area (Å²) < 4.78 is 39.2. The van der Waals surface area contributed by atoms with Crippen LogP contribution in [0.3, 0.4) is 0 Å². The van der Waals surface area contributed by atoms with Crippen LogP contribution in [0.25, 0.3) is 0 Å². The fraction of sp³-hybridized carbons (Fsp3) is 0.400. The standard InChI is InChI=1S/C15H15F3O/c1-10-7-8-12(13(9-10)15(16,17)18)14(19)11-5-3-2-4-6-11/h2-7,12-13H,8-9H2,1H3. The molecule has 1 aliphatic carbocycles. The lowest BCUT2D eigenvalue weighted by molar-refractivity contribution is -0.185. The minimum atomic E-state index is -4.33. The SMILES string of the molecule is CC1=CCC(C(=O)c2ccccc2)C(C(F)(F)F)C1. The first kappa shape index (κ1) is 13.8. The van der Waals surface area contributed by atoms with Gasteiger partial charge in [-0.1, -0.05) is 42.0 Å². The maximum atomic E-state index is 13.1. The number of benzene rings is 1. The molecule has 0 fully saturated rings. The molecule has 0 saturated carbocycles. The first-order valence-electron chi connectivity index (χ1n) is 6.21. The van der Waals surface area contributed by atoms with Gasteiger partial charge >= 0.3 is 6.18 Å². The molecule has 0 aromatic heterocycles. The molecule has 19 heavy (non-hydrogen) atoms. The highest BCUT2D eigenvalue weighted by Gasteiger charge is 2.47. The highest BCUT2D eigenvalue weighted by Crippen LogP contribution is 2.42. The topological polar surface area (TPSA) is 17.1 Å². The van der Waals surface area contributed by atoms with Gasteiger partial charge in [0.2, 0.25) is 0 Å². The third-order valence-corrected chi connectivity index (χ3v) is 3.56. The number of carbonyl (C=O) groups is 1. The van der Waals surface area contributed by atoms with Crippen LogP contribution in [0.1, 0.15) is 30.1 Å². The second kappa shape index (κ2) is 5.19. The molecular weight excluding hydrogens is 253 g/mol. The summed E-state index contributed by atoms with van der Waals surface area (Å²) >= 11 is 0. The summed E-state index contributed by atoms with van der Waals surface area (Å²) in [6, 6.07) is 8.21. The molecule has 2 atom stereocenters. The first-order chi connectivity index (χ1) is 8.89. The molecule has 0 spiro atoms. The third-order valence-electron chi connectivity index (χ3n) is 3.56. The fourth-order valence-electron chi connectivity index (χ4n) is 2.51. The monoisotopic (exact) mass is 268 g/mol. The van der Waals surface area contributed by atoms with Gasteiger partial charge in [-0.3, -0.25) is 4.79 Å². The van der Waals surface area contributed by atoms with Gasteiger partial charge in [-0.2, -0.15) is 13.2 Å². The number of allylic oxidation sites excluding steroid dienone is 2. The van der Waals surface area contributed by atoms with Crippen LogP contribution in [0.4, 0.5) is 13.2 Å². The molecule has 0 N–H and O–H groups in total. The van der Waals surface area contributed by atoms with Crippen molar-refractivity contribution in [1.82, 2.24) is 0 Å². The molecule has 2 unspecified atom stereocenters. The van der Waals surface area contributed by atoms with E-state index in [0.29, 0.717) is 11.1 Å². The Bertz CT molecular complexity index is 488. The van der Waals surface area contributed by atoms with Gasteiger partial charge in [-0.15, -0.1) is 0 Å². The van der Waals surface area contributed by atoms with Crippen molar-refractivity contribution >= 4 is 5.78 Å². The van der Waals surface area contributed by atoms with E-state index < -0.39 is 23.8 Å². The van der Waals surface area contributed by atoms with Crippen LogP contribution in [0.2, 0.25) is 0 Å². The van der Waals surface area contributed by atoms with Gasteiger partial charge in [0.05, 0.1) is 5.92 Å². The Morgan fingerprint density at radius 2 is 1.84 bits per heavy atom. The Morgan fingerprint density at radius 1 is 1.21 bits per heavy atom. The van der Waals surface area contributed by atoms with Crippen molar-refractivity contribution in [2.24, 2.45) is 11.8 Å². The molecule has 0 aliphatic heterocycles. The quantitative estimate of drug-likeness (QED) is 0.573. The summed E-state index contributed by atoms with van der Waals surface area (Å²) in [4.78, 5) is 12.2. The van der Waals surface area contributed by atoms with E-state index in [1.807, 2.05) is 0 Å². The summed E-state index contributed by atoms with van der Waals surface area (Å²) in [5, 5.41) is 0. The van der Waals surface area contributed by atoms with E-state index in [1.54, 1.807) is 43.3 Å². The molecule has 0 amide bonds. The van der Waals surface area contributed by atoms with Crippen molar-refractivity contribution in [3.05, 3.63) is 47.5 Å². The normalized spacial score (nSPS) is 23.9. The van der Waals surface area contributed by atoms with E-state index in [0.717, 1.165) is 0 Å². The van der Waals surface area contributed by atoms with Gasteiger partial charge in [0.25, 0.3) is 0 Å². The van der Waals surface area contributed by atoms with Crippen LogP contribution >= 0.6 is 0 Å². The number of carbonyl (C=O) groups excluding carboxylic acids is 1. The number of Topliss-reactive ketones (excluding diaryl/α,β-unsaturated/α-hetero) is 1. The predicted octanol–water partition coefficient (Wildman–Crippen LogP) is 4.40. The lowest BCUT2D eigenvalue weighted by atomic mass is 9.76. The Labute approximate surface area is 110 Å². The Hall–Kier alpha value is -1.58. The van der Waals surface area contributed by atoms with Crippen LogP contribution in [0.5, 0.6) is 0 Å². The Morgan fingerprint density at radius 3 is 2.42 bits per heavy atom. The molecule has 1 aromatic rings. The zero-order valence-corrected chi connectivity index (χ0v) is 10.6. The van der Waals surface area contributed by atoms with E-state index >= 15 is 0 Å². The highest BCUT2D eigenvalue weighted by atomic mass is 19.4. The molecule has 0 heterocycles. The average molecular weight is 268 g/mol. The summed E-state index contributed by atoms with van der Waals surface area (Å²) in [5.74, 6) is -2.97. The lowest BCUT2D eigenvalue weighted by Gasteiger charge is -2.31. The number of hydrogen-bond donors (Lipinski definition) is 0. The molecule has 0 radical (unpaired) electrons. The van der Waals surface area contributed by atoms with E-state index in [-0.39, 0.29) is 12.8 Å². The smallest absolute Gasteiger partial charge is 0.294 e. The second-order valence-electron chi connectivity index (χ2n) is 4.98. The van der Waals surface area contributed by atoms with Gasteiger partial charge in [-0.25, -0.2) is 0 Å². The largest absolute Gasteiger partial charge is 0.392 e. The number of hydrogen-bond acceptors (Lipinski definition) is 1. The van der Waals surface area contributed by atoms with Crippen molar-refractivity contribution < 1.29 is 18.0 Å². The van der Waals surface area contributed by atoms with Crippen LogP contribution in [-0.2, 0) is 0 Å². The van der Waals surface area contributed by atoms with Gasteiger partial charge < -0.3 is 0 Å². The highest BCUT2D eigenvalue weighted by molar-refractivity contribution is 5.98. The van der Waals surface area contributed by atoms with E-state index in [2.05, 4.69) is 0 Å². The van der Waals surface area contributed by atoms with Gasteiger partial charge in [0.15, 0.2) is 5.78 Å². The van der Waals surface area contributed by atoms with Crippen molar-refractivity contribution in [3.63, 3.8) is 0 Å². The molecule has 0 bridgehead atoms. The summed E-state index contributed by atoms with van der Waals surface area (Å²) in [5.41, 5.74) is 1.06. The zero-order valence-electron chi connectivity index (χ0n) is 10.6. The minimum Gasteiger partial charge on any atom is -0.294 e. The van der Waals surface area contributed by atoms with E-state index in [4.69, 9.17) is 0 Å². The molecule has 1 nitrogen and oxygen atoms in total. The van der Waals surface area contributed by atoms with Gasteiger partial charge in [-0.05, 0) is 19.8 Å². The van der Waals surface area contributed by atoms with Crippen molar-refractivity contribution in [3.8, 4) is 0 Å². The first-order valence-corrected chi connectivity index (χ1v) is 6.21. The van der Waals surface area contributed by atoms with Gasteiger partial charge in [0.1, 0.15) is 0 Å². The molecule has 1 aliphatic rings. The average Bonchev–Trinajstić information content (AvgIpc) is 2.38. The van der Waals surface area contributed by atoms with Crippen molar-refractivity contribution in [1.29, 1.82) is 0 Å². The number of alkyl halides is 3. The van der Waals surface area contributed by atoms with Crippen molar-refractivity contribution in [2.45, 2.75) is 25.9 Å². The van der Waals surface area contributed by atoms with Crippen molar-refractivity contribution in [2.75, 3.05) is 0 Å². The van der Waals surface area contributed by atoms with Gasteiger partial charge in [0, 0.05) is 11.5 Å². The van der Waals surface area contributed by atoms with Crippen LogP contribution in [-0.4, -0.2) is 12.0 Å². The van der Waals surface area contributed by atoms with Crippen LogP contribution in [0.15, 0.2) is 42.0 Å². The molecular formula is C15H15F3O. The maximum Gasteiger partial charge on any atom is 0.392 e. The fourth-order valence-corrected chi connectivity index (χ4v) is 2.51. The summed E-state index contributed by atoms with van der Waals surface area (Å²) in [7, 11) is 0. The van der Waals surface area contributed by atoms with E-state index in [1.165, 1.54) is 0 Å². The van der Waals surface area contributed by atoms with E-state index in [9.17, 15) is 18.0 Å². The molecule has 102 valence electrons. The number of halogens is 3. The molecule has 1 aromatic carbocycles. The summed E-state index contributed by atoms with van der Waals surface area (Å²) in [6.45, 7) is 1.68. The molecule has 2 rings (SSSR count). The molecule has 0 saturated heterocycles. The zero-order chi connectivity index (χ0) is 14.0. The Kier molecular flexibility index (Phi) is 3.78. The summed E-state index contributed by atoms with van der Waals surface area (Å²) in [6.07, 6.45) is -2.49. The third kappa shape index (κ3) is 3.06.